The molecule has 1 aliphatic carbocycles. The summed E-state index contributed by atoms with van der Waals surface area (Å²) in [6.45, 7) is 1.45. The van der Waals surface area contributed by atoms with E-state index < -0.39 is 0 Å². The molecule has 27 heavy (non-hydrogen) atoms. The Morgan fingerprint density at radius 1 is 1.04 bits per heavy atom. The van der Waals surface area contributed by atoms with Crippen molar-refractivity contribution >= 4 is 29.1 Å². The van der Waals surface area contributed by atoms with Gasteiger partial charge < -0.3 is 16.0 Å². The summed E-state index contributed by atoms with van der Waals surface area (Å²) in [5, 5.41) is 3.42. The summed E-state index contributed by atoms with van der Waals surface area (Å²) in [6, 6.07) is 14.0. The van der Waals surface area contributed by atoms with Crippen LogP contribution in [0.4, 0.5) is 5.69 Å². The van der Waals surface area contributed by atoms with Gasteiger partial charge in [0.1, 0.15) is 0 Å². The van der Waals surface area contributed by atoms with Gasteiger partial charge in [0.15, 0.2) is 0 Å². The maximum atomic E-state index is 13.1. The molecule has 3 N–H and O–H groups in total. The molecule has 5 nitrogen and oxygen atoms in total. The van der Waals surface area contributed by atoms with Crippen molar-refractivity contribution in [1.82, 2.24) is 4.90 Å². The quantitative estimate of drug-likeness (QED) is 0.852. The van der Waals surface area contributed by atoms with E-state index >= 15 is 0 Å². The number of carbonyl (C=O) groups is 2. The highest BCUT2D eigenvalue weighted by molar-refractivity contribution is 6.30. The van der Waals surface area contributed by atoms with Gasteiger partial charge in [-0.2, -0.15) is 0 Å². The first-order valence-corrected chi connectivity index (χ1v) is 9.61. The number of hydrogen-bond acceptors (Lipinski definition) is 3. The molecular weight excluding hydrogens is 362 g/mol. The van der Waals surface area contributed by atoms with E-state index in [1.165, 1.54) is 0 Å². The van der Waals surface area contributed by atoms with Gasteiger partial charge in [-0.3, -0.25) is 9.59 Å². The normalized spacial score (nSPS) is 23.9. The van der Waals surface area contributed by atoms with E-state index in [2.05, 4.69) is 5.32 Å². The summed E-state index contributed by atoms with van der Waals surface area (Å²) in [5.74, 6) is 0.570. The number of fused-ring (bicyclic) bond motifs is 1. The van der Waals surface area contributed by atoms with E-state index in [1.807, 2.05) is 17.0 Å². The number of benzene rings is 2. The van der Waals surface area contributed by atoms with E-state index in [-0.39, 0.29) is 17.9 Å². The van der Waals surface area contributed by atoms with Crippen LogP contribution in [0.2, 0.25) is 5.02 Å². The molecule has 0 aromatic heterocycles. The average molecular weight is 384 g/mol. The zero-order valence-electron chi connectivity index (χ0n) is 14.9. The first kappa shape index (κ1) is 18.0. The van der Waals surface area contributed by atoms with Gasteiger partial charge in [-0.15, -0.1) is 0 Å². The van der Waals surface area contributed by atoms with Gasteiger partial charge in [-0.25, -0.2) is 0 Å². The molecular formula is C21H22ClN3O2. The Balaban J connectivity index is 1.52. The molecule has 4 rings (SSSR count). The fraction of sp³-hybridized carbons (Fsp3) is 0.333. The lowest BCUT2D eigenvalue weighted by Crippen LogP contribution is -2.34. The van der Waals surface area contributed by atoms with Crippen molar-refractivity contribution in [3.63, 3.8) is 0 Å². The molecule has 3 atom stereocenters. The summed E-state index contributed by atoms with van der Waals surface area (Å²) in [5.41, 5.74) is 7.70. The van der Waals surface area contributed by atoms with Crippen LogP contribution >= 0.6 is 11.6 Å². The van der Waals surface area contributed by atoms with E-state index in [0.29, 0.717) is 40.2 Å². The minimum absolute atomic E-state index is 0.0522. The van der Waals surface area contributed by atoms with Crippen molar-refractivity contribution in [2.24, 2.45) is 17.6 Å². The number of nitrogens with two attached hydrogens (primary N) is 1. The molecule has 6 heteroatoms. The van der Waals surface area contributed by atoms with E-state index in [0.717, 1.165) is 19.4 Å². The predicted molar refractivity (Wildman–Crippen MR) is 106 cm³/mol. The van der Waals surface area contributed by atoms with Crippen molar-refractivity contribution in [1.29, 1.82) is 0 Å². The number of likely N-dealkylation sites (tertiary alicyclic amines) is 1. The van der Waals surface area contributed by atoms with Crippen LogP contribution in [0.5, 0.6) is 0 Å². The van der Waals surface area contributed by atoms with Crippen LogP contribution in [-0.2, 0) is 0 Å². The van der Waals surface area contributed by atoms with Crippen LogP contribution in [0.15, 0.2) is 48.5 Å². The van der Waals surface area contributed by atoms with Crippen molar-refractivity contribution in [2.45, 2.75) is 18.9 Å². The van der Waals surface area contributed by atoms with Crippen molar-refractivity contribution in [3.05, 3.63) is 64.7 Å². The van der Waals surface area contributed by atoms with Gasteiger partial charge in [-0.1, -0.05) is 23.7 Å². The highest BCUT2D eigenvalue weighted by Crippen LogP contribution is 2.38. The van der Waals surface area contributed by atoms with Crippen molar-refractivity contribution < 1.29 is 9.59 Å². The number of nitrogens with zero attached hydrogens (tertiary/aromatic N) is 1. The third-order valence-electron chi connectivity index (χ3n) is 5.71. The second kappa shape index (κ2) is 7.33. The fourth-order valence-electron chi connectivity index (χ4n) is 4.22. The molecule has 0 bridgehead atoms. The SMILES string of the molecule is NC1CCC2CN(C(=O)c3ccccc3NC(=O)c3ccc(Cl)cc3)CC12. The first-order valence-electron chi connectivity index (χ1n) is 9.24. The Morgan fingerprint density at radius 3 is 2.52 bits per heavy atom. The summed E-state index contributed by atoms with van der Waals surface area (Å²) >= 11 is 5.88. The Labute approximate surface area is 163 Å². The third-order valence-corrected chi connectivity index (χ3v) is 5.96. The Hall–Kier alpha value is -2.37. The molecule has 140 valence electrons. The highest BCUT2D eigenvalue weighted by atomic mass is 35.5. The number of rotatable bonds is 3. The van der Waals surface area contributed by atoms with Crippen LogP contribution in [-0.4, -0.2) is 35.8 Å². The van der Waals surface area contributed by atoms with Crippen LogP contribution in [0, 0.1) is 11.8 Å². The monoisotopic (exact) mass is 383 g/mol. The molecule has 2 aliphatic rings. The van der Waals surface area contributed by atoms with Gasteiger partial charge >= 0.3 is 0 Å². The summed E-state index contributed by atoms with van der Waals surface area (Å²) in [6.07, 6.45) is 2.13. The van der Waals surface area contributed by atoms with E-state index in [1.54, 1.807) is 36.4 Å². The summed E-state index contributed by atoms with van der Waals surface area (Å²) in [4.78, 5) is 27.5. The molecule has 1 saturated heterocycles. The molecule has 2 aromatic rings. The molecule has 1 heterocycles. The number of para-hydroxylation sites is 1. The minimum atomic E-state index is -0.271. The van der Waals surface area contributed by atoms with E-state index in [9.17, 15) is 9.59 Å². The molecule has 3 unspecified atom stereocenters. The standard InChI is InChI=1S/C21H22ClN3O2/c22-15-8-5-13(6-9-15)20(26)24-19-4-2-1-3-16(19)21(27)25-11-14-7-10-18(23)17(14)12-25/h1-6,8-9,14,17-18H,7,10-12,23H2,(H,24,26). The number of anilines is 1. The average Bonchev–Trinajstić information content (AvgIpc) is 3.24. The molecule has 2 fully saturated rings. The van der Waals surface area contributed by atoms with Gasteiger partial charge in [-0.05, 0) is 61.1 Å². The molecule has 1 saturated carbocycles. The molecule has 2 aromatic carbocycles. The molecule has 0 spiro atoms. The number of nitrogens with one attached hydrogen (secondary N) is 1. The molecule has 0 radical (unpaired) electrons. The largest absolute Gasteiger partial charge is 0.338 e. The van der Waals surface area contributed by atoms with Gasteiger partial charge in [0.2, 0.25) is 0 Å². The van der Waals surface area contributed by atoms with Crippen LogP contribution < -0.4 is 11.1 Å². The van der Waals surface area contributed by atoms with Gasteiger partial charge in [0.25, 0.3) is 11.8 Å². The van der Waals surface area contributed by atoms with Crippen LogP contribution in [0.25, 0.3) is 0 Å². The van der Waals surface area contributed by atoms with Crippen molar-refractivity contribution in [3.8, 4) is 0 Å². The number of hydrogen-bond donors (Lipinski definition) is 2. The highest BCUT2D eigenvalue weighted by Gasteiger charge is 2.42. The first-order chi connectivity index (χ1) is 13.0. The van der Waals surface area contributed by atoms with Crippen molar-refractivity contribution in [2.75, 3.05) is 18.4 Å². The third kappa shape index (κ3) is 3.57. The van der Waals surface area contributed by atoms with Crippen LogP contribution in [0.1, 0.15) is 33.6 Å². The summed E-state index contributed by atoms with van der Waals surface area (Å²) in [7, 11) is 0. The zero-order chi connectivity index (χ0) is 19.0. The zero-order valence-corrected chi connectivity index (χ0v) is 15.7. The lowest BCUT2D eigenvalue weighted by molar-refractivity contribution is 0.0780. The summed E-state index contributed by atoms with van der Waals surface area (Å²) < 4.78 is 0. The topological polar surface area (TPSA) is 75.4 Å². The number of amides is 2. The lowest BCUT2D eigenvalue weighted by atomic mass is 9.98. The molecule has 1 aliphatic heterocycles. The Morgan fingerprint density at radius 2 is 1.78 bits per heavy atom. The Kier molecular flexibility index (Phi) is 4.89. The minimum Gasteiger partial charge on any atom is -0.338 e. The predicted octanol–water partition coefficient (Wildman–Crippen LogP) is 3.40. The second-order valence-electron chi connectivity index (χ2n) is 7.38. The second-order valence-corrected chi connectivity index (χ2v) is 7.82. The number of halogens is 1. The lowest BCUT2D eigenvalue weighted by Gasteiger charge is -2.20. The number of carbonyl (C=O) groups excluding carboxylic acids is 2. The Bertz CT molecular complexity index is 868. The maximum Gasteiger partial charge on any atom is 0.255 e. The van der Waals surface area contributed by atoms with Crippen LogP contribution in [0.3, 0.4) is 0 Å². The van der Waals surface area contributed by atoms with Gasteiger partial charge in [0, 0.05) is 29.7 Å². The smallest absolute Gasteiger partial charge is 0.255 e. The van der Waals surface area contributed by atoms with E-state index in [4.69, 9.17) is 17.3 Å². The maximum absolute atomic E-state index is 13.1. The molecule has 2 amide bonds. The fourth-order valence-corrected chi connectivity index (χ4v) is 4.34. The van der Waals surface area contributed by atoms with Gasteiger partial charge in [0.05, 0.1) is 11.3 Å².